The van der Waals surface area contributed by atoms with Gasteiger partial charge >= 0.3 is 0 Å². The number of amides is 1. The third-order valence-electron chi connectivity index (χ3n) is 5.75. The minimum absolute atomic E-state index is 0.0744. The summed E-state index contributed by atoms with van der Waals surface area (Å²) in [7, 11) is 2.14. The van der Waals surface area contributed by atoms with Crippen LogP contribution < -0.4 is 15.0 Å². The molecule has 148 valence electrons. The molecule has 2 aliphatic heterocycles. The number of anilines is 1. The Bertz CT molecular complexity index is 827. The highest BCUT2D eigenvalue weighted by Gasteiger charge is 2.29. The van der Waals surface area contributed by atoms with E-state index in [-0.39, 0.29) is 5.91 Å². The Balaban J connectivity index is 1.30. The second kappa shape index (κ2) is 7.80. The van der Waals surface area contributed by atoms with Crippen molar-refractivity contribution in [2.75, 3.05) is 38.1 Å². The molecule has 6 nitrogen and oxygen atoms in total. The minimum atomic E-state index is -0.450. The molecule has 1 N–H and O–H groups in total. The quantitative estimate of drug-likeness (QED) is 0.880. The summed E-state index contributed by atoms with van der Waals surface area (Å²) in [5, 5.41) is 2.99. The van der Waals surface area contributed by atoms with E-state index in [1.807, 2.05) is 24.4 Å². The number of fused-ring (bicyclic) bond motifs is 1. The van der Waals surface area contributed by atoms with Gasteiger partial charge in [-0.2, -0.15) is 0 Å². The fraction of sp³-hybridized carbons (Fsp3) is 0.455. The van der Waals surface area contributed by atoms with Crippen LogP contribution in [0.25, 0.3) is 0 Å². The predicted molar refractivity (Wildman–Crippen MR) is 110 cm³/mol. The maximum atomic E-state index is 12.5. The van der Waals surface area contributed by atoms with Crippen LogP contribution in [0.4, 0.5) is 5.82 Å². The first kappa shape index (κ1) is 18.7. The molecular weight excluding hydrogens is 352 g/mol. The Morgan fingerprint density at radius 1 is 1.18 bits per heavy atom. The number of aryl methyl sites for hydroxylation is 2. The molecule has 0 radical (unpaired) electrons. The highest BCUT2D eigenvalue weighted by Crippen LogP contribution is 2.31. The fourth-order valence-electron chi connectivity index (χ4n) is 3.71. The first-order valence-electron chi connectivity index (χ1n) is 9.92. The third kappa shape index (κ3) is 3.97. The zero-order valence-corrected chi connectivity index (χ0v) is 16.9. The molecule has 1 atom stereocenters. The molecule has 6 heteroatoms. The van der Waals surface area contributed by atoms with E-state index >= 15 is 0 Å². The van der Waals surface area contributed by atoms with Gasteiger partial charge in [-0.05, 0) is 55.3 Å². The number of ether oxygens (including phenoxy) is 1. The predicted octanol–water partition coefficient (Wildman–Crippen LogP) is 2.07. The molecule has 1 fully saturated rings. The summed E-state index contributed by atoms with van der Waals surface area (Å²) in [6.07, 6.45) is 2.03. The number of likely N-dealkylation sites (N-methyl/N-ethyl adjacent to an activating group) is 1. The number of carbonyl (C=O) groups excluding carboxylic acids is 1. The SMILES string of the molecule is Cc1cc2c(cc1C)O[C@H](C(=O)NCc1ccc(N3CCN(C)CC3)nc1)C2. The van der Waals surface area contributed by atoms with E-state index in [0.717, 1.165) is 48.9 Å². The van der Waals surface area contributed by atoms with Crippen LogP contribution in [-0.4, -0.2) is 55.1 Å². The molecule has 0 spiro atoms. The van der Waals surface area contributed by atoms with Crippen LogP contribution in [0.15, 0.2) is 30.5 Å². The number of piperazine rings is 1. The van der Waals surface area contributed by atoms with Crippen molar-refractivity contribution in [3.63, 3.8) is 0 Å². The lowest BCUT2D eigenvalue weighted by Crippen LogP contribution is -2.44. The Labute approximate surface area is 166 Å². The summed E-state index contributed by atoms with van der Waals surface area (Å²) in [4.78, 5) is 21.7. The van der Waals surface area contributed by atoms with Crippen LogP contribution in [0.3, 0.4) is 0 Å². The second-order valence-corrected chi connectivity index (χ2v) is 7.89. The van der Waals surface area contributed by atoms with Crippen molar-refractivity contribution >= 4 is 11.7 Å². The van der Waals surface area contributed by atoms with Crippen LogP contribution in [0, 0.1) is 13.8 Å². The van der Waals surface area contributed by atoms with Gasteiger partial charge in [0, 0.05) is 45.3 Å². The number of hydrogen-bond donors (Lipinski definition) is 1. The third-order valence-corrected chi connectivity index (χ3v) is 5.75. The molecule has 0 bridgehead atoms. The maximum Gasteiger partial charge on any atom is 0.261 e. The van der Waals surface area contributed by atoms with Gasteiger partial charge in [0.05, 0.1) is 0 Å². The number of rotatable bonds is 4. The molecular formula is C22H28N4O2. The summed E-state index contributed by atoms with van der Waals surface area (Å²) in [6.45, 7) is 8.72. The molecule has 0 unspecified atom stereocenters. The summed E-state index contributed by atoms with van der Waals surface area (Å²) < 4.78 is 5.86. The maximum absolute atomic E-state index is 12.5. The van der Waals surface area contributed by atoms with Gasteiger partial charge in [-0.1, -0.05) is 12.1 Å². The number of aromatic nitrogens is 1. The Morgan fingerprint density at radius 2 is 1.93 bits per heavy atom. The number of benzene rings is 1. The van der Waals surface area contributed by atoms with Crippen molar-refractivity contribution in [3.05, 3.63) is 52.7 Å². The van der Waals surface area contributed by atoms with E-state index in [4.69, 9.17) is 4.74 Å². The molecule has 2 aromatic rings. The topological polar surface area (TPSA) is 57.7 Å². The van der Waals surface area contributed by atoms with Crippen molar-refractivity contribution in [2.45, 2.75) is 32.9 Å². The summed E-state index contributed by atoms with van der Waals surface area (Å²) in [5.41, 5.74) is 4.52. The van der Waals surface area contributed by atoms with E-state index in [1.165, 1.54) is 11.1 Å². The highest BCUT2D eigenvalue weighted by atomic mass is 16.5. The average Bonchev–Trinajstić information content (AvgIpc) is 3.10. The number of nitrogens with zero attached hydrogens (tertiary/aromatic N) is 3. The molecule has 1 saturated heterocycles. The van der Waals surface area contributed by atoms with Gasteiger partial charge in [-0.15, -0.1) is 0 Å². The van der Waals surface area contributed by atoms with Crippen LogP contribution >= 0.6 is 0 Å². The molecule has 1 amide bonds. The monoisotopic (exact) mass is 380 g/mol. The molecule has 28 heavy (non-hydrogen) atoms. The number of hydrogen-bond acceptors (Lipinski definition) is 5. The van der Waals surface area contributed by atoms with Gasteiger partial charge in [0.2, 0.25) is 0 Å². The molecule has 2 aliphatic rings. The minimum Gasteiger partial charge on any atom is -0.480 e. The zero-order valence-electron chi connectivity index (χ0n) is 16.9. The van der Waals surface area contributed by atoms with Gasteiger partial charge in [0.25, 0.3) is 5.91 Å². The molecule has 3 heterocycles. The van der Waals surface area contributed by atoms with Gasteiger partial charge in [-0.25, -0.2) is 4.98 Å². The smallest absolute Gasteiger partial charge is 0.261 e. The van der Waals surface area contributed by atoms with Crippen molar-refractivity contribution in [1.82, 2.24) is 15.2 Å². The Hall–Kier alpha value is -2.60. The number of pyridine rings is 1. The number of carbonyl (C=O) groups is 1. The lowest BCUT2D eigenvalue weighted by Gasteiger charge is -2.33. The molecule has 0 aliphatic carbocycles. The molecule has 4 rings (SSSR count). The van der Waals surface area contributed by atoms with Crippen LogP contribution in [0.5, 0.6) is 5.75 Å². The van der Waals surface area contributed by atoms with Crippen LogP contribution in [-0.2, 0) is 17.8 Å². The zero-order chi connectivity index (χ0) is 19.7. The van der Waals surface area contributed by atoms with E-state index in [2.05, 4.69) is 47.1 Å². The summed E-state index contributed by atoms with van der Waals surface area (Å²) in [6, 6.07) is 8.23. The highest BCUT2D eigenvalue weighted by molar-refractivity contribution is 5.82. The summed E-state index contributed by atoms with van der Waals surface area (Å²) in [5.74, 6) is 1.76. The van der Waals surface area contributed by atoms with E-state index < -0.39 is 6.10 Å². The average molecular weight is 380 g/mol. The van der Waals surface area contributed by atoms with Gasteiger partial charge in [-0.3, -0.25) is 4.79 Å². The normalized spacial score (nSPS) is 19.2. The first-order chi connectivity index (χ1) is 13.5. The van der Waals surface area contributed by atoms with Gasteiger partial charge in [0.1, 0.15) is 11.6 Å². The van der Waals surface area contributed by atoms with Gasteiger partial charge < -0.3 is 19.9 Å². The summed E-state index contributed by atoms with van der Waals surface area (Å²) >= 11 is 0. The molecule has 1 aromatic carbocycles. The lowest BCUT2D eigenvalue weighted by molar-refractivity contribution is -0.127. The van der Waals surface area contributed by atoms with E-state index in [9.17, 15) is 4.79 Å². The Morgan fingerprint density at radius 3 is 2.64 bits per heavy atom. The second-order valence-electron chi connectivity index (χ2n) is 7.89. The van der Waals surface area contributed by atoms with Crippen molar-refractivity contribution < 1.29 is 9.53 Å². The van der Waals surface area contributed by atoms with Crippen molar-refractivity contribution in [3.8, 4) is 5.75 Å². The largest absolute Gasteiger partial charge is 0.480 e. The van der Waals surface area contributed by atoms with E-state index in [1.54, 1.807) is 0 Å². The van der Waals surface area contributed by atoms with E-state index in [0.29, 0.717) is 13.0 Å². The van der Waals surface area contributed by atoms with Crippen LogP contribution in [0.1, 0.15) is 22.3 Å². The molecule has 1 aromatic heterocycles. The lowest BCUT2D eigenvalue weighted by atomic mass is 10.0. The van der Waals surface area contributed by atoms with Gasteiger partial charge in [0.15, 0.2) is 6.10 Å². The number of nitrogens with one attached hydrogen (secondary N) is 1. The Kier molecular flexibility index (Phi) is 5.22. The standard InChI is InChI=1S/C22H28N4O2/c1-15-10-18-12-20(28-19(18)11-16(15)2)22(27)24-14-17-4-5-21(23-13-17)26-8-6-25(3)7-9-26/h4-5,10-11,13,20H,6-9,12,14H2,1-3H3,(H,24,27)/t20-/m0/s1. The first-order valence-corrected chi connectivity index (χ1v) is 9.92. The van der Waals surface area contributed by atoms with Crippen molar-refractivity contribution in [1.29, 1.82) is 0 Å². The van der Waals surface area contributed by atoms with Crippen LogP contribution in [0.2, 0.25) is 0 Å². The van der Waals surface area contributed by atoms with Crippen molar-refractivity contribution in [2.24, 2.45) is 0 Å². The fourth-order valence-corrected chi connectivity index (χ4v) is 3.71. The molecule has 0 saturated carbocycles.